The molecule has 0 radical (unpaired) electrons. The van der Waals surface area contributed by atoms with E-state index in [-0.39, 0.29) is 17.0 Å². The molecule has 1 fully saturated rings. The smallest absolute Gasteiger partial charge is 0.132 e. The summed E-state index contributed by atoms with van der Waals surface area (Å²) in [7, 11) is 2.15. The number of ketones is 1. The molecule has 0 aliphatic carbocycles. The molecule has 3 unspecified atom stereocenters. The van der Waals surface area contributed by atoms with Gasteiger partial charge in [0.1, 0.15) is 5.78 Å². The molecule has 0 saturated carbocycles. The van der Waals surface area contributed by atoms with E-state index in [0.29, 0.717) is 18.6 Å². The second-order valence-electron chi connectivity index (χ2n) is 11.7. The fraction of sp³-hybridized carbons (Fsp3) is 0.486. The van der Waals surface area contributed by atoms with Crippen molar-refractivity contribution in [2.45, 2.75) is 89.1 Å². The van der Waals surface area contributed by atoms with E-state index in [1.165, 1.54) is 16.0 Å². The lowest BCUT2D eigenvalue weighted by molar-refractivity contribution is -0.119. The van der Waals surface area contributed by atoms with E-state index in [9.17, 15) is 4.79 Å². The monoisotopic (exact) mass is 638 g/mol. The lowest BCUT2D eigenvalue weighted by Gasteiger charge is -2.44. The number of carbonyl (C=O) groups excluding carboxylic acids is 1. The van der Waals surface area contributed by atoms with Gasteiger partial charge in [0.05, 0.1) is 21.6 Å². The molecule has 1 aliphatic heterocycles. The van der Waals surface area contributed by atoms with Crippen LogP contribution in [0.5, 0.6) is 0 Å². The van der Waals surface area contributed by atoms with Crippen molar-refractivity contribution in [3.8, 4) is 0 Å². The SMILES string of the molecule is CN(C(=S)C1CCCS/C1=C/C=S)C(C)(CCCCC(=O)CCCCC(C)(NC=S)c1ccccc1)c1ccccc1. The summed E-state index contributed by atoms with van der Waals surface area (Å²) in [5.41, 5.74) is 3.63. The van der Waals surface area contributed by atoms with Crippen LogP contribution in [0.2, 0.25) is 0 Å². The molecular weight excluding hydrogens is 593 g/mol. The second-order valence-corrected chi connectivity index (χ2v) is 13.8. The molecule has 1 N–H and O–H groups in total. The number of unbranched alkanes of at least 4 members (excludes halogenated alkanes) is 2. The van der Waals surface area contributed by atoms with Crippen molar-refractivity contribution in [1.29, 1.82) is 0 Å². The minimum atomic E-state index is -0.247. The zero-order chi connectivity index (χ0) is 30.4. The van der Waals surface area contributed by atoms with Crippen molar-refractivity contribution in [2.75, 3.05) is 12.8 Å². The van der Waals surface area contributed by atoms with Crippen LogP contribution in [0.1, 0.15) is 89.2 Å². The topological polar surface area (TPSA) is 32.3 Å². The number of nitrogens with zero attached hydrogens (tertiary/aromatic N) is 1. The first-order chi connectivity index (χ1) is 20.2. The number of benzene rings is 2. The Hall–Kier alpha value is -1.93. The van der Waals surface area contributed by atoms with Crippen LogP contribution >= 0.6 is 48.4 Å². The zero-order valence-electron chi connectivity index (χ0n) is 25.3. The number of hydrogen-bond acceptors (Lipinski definition) is 5. The lowest BCUT2D eigenvalue weighted by Crippen LogP contribution is -2.47. The van der Waals surface area contributed by atoms with Crippen molar-refractivity contribution in [2.24, 2.45) is 5.92 Å². The van der Waals surface area contributed by atoms with E-state index in [1.807, 2.05) is 17.8 Å². The molecule has 2 aromatic carbocycles. The van der Waals surface area contributed by atoms with Gasteiger partial charge in [0.2, 0.25) is 0 Å². The van der Waals surface area contributed by atoms with Crippen LogP contribution in [0.15, 0.2) is 71.6 Å². The highest BCUT2D eigenvalue weighted by molar-refractivity contribution is 8.03. The quantitative estimate of drug-likeness (QED) is 0.105. The van der Waals surface area contributed by atoms with E-state index in [1.54, 1.807) is 10.9 Å². The largest absolute Gasteiger partial charge is 0.373 e. The molecule has 2 aromatic rings. The Morgan fingerprint density at radius 1 is 0.952 bits per heavy atom. The highest BCUT2D eigenvalue weighted by atomic mass is 32.2. The predicted molar refractivity (Wildman–Crippen MR) is 194 cm³/mol. The molecule has 7 heteroatoms. The third-order valence-corrected chi connectivity index (χ3v) is 10.8. The molecular formula is C35H46N2OS4. The maximum absolute atomic E-state index is 12.8. The van der Waals surface area contributed by atoms with Crippen LogP contribution < -0.4 is 5.32 Å². The van der Waals surface area contributed by atoms with Crippen molar-refractivity contribution in [3.63, 3.8) is 0 Å². The number of Topliss-reactive ketones (excluding diaryl/α,β-unsaturated/α-hetero) is 1. The molecule has 0 aromatic heterocycles. The second kappa shape index (κ2) is 17.4. The number of allylic oxidation sites excluding steroid dienone is 1. The number of rotatable bonds is 17. The van der Waals surface area contributed by atoms with Crippen LogP contribution in [-0.2, 0) is 15.9 Å². The standard InChI is InChI=1S/C35H46N2OS4/c1-34(36-27-40,28-15-6-4-7-16-28)23-12-10-19-30(38)20-11-13-24-35(2,29-17-8-5-9-18-29)37(3)33(41)31-21-14-26-42-32(31)22-25-39/h4-9,15-18,22,25,27,31H,10-14,19-21,23-24,26H2,1-3H3,(H,36,40)/b32-22+. The van der Waals surface area contributed by atoms with Crippen molar-refractivity contribution in [1.82, 2.24) is 10.2 Å². The van der Waals surface area contributed by atoms with E-state index >= 15 is 0 Å². The summed E-state index contributed by atoms with van der Waals surface area (Å²) in [6, 6.07) is 21.1. The molecule has 1 saturated heterocycles. The Bertz CT molecular complexity index is 1200. The first-order valence-corrected chi connectivity index (χ1v) is 17.5. The Morgan fingerprint density at radius 3 is 2.14 bits per heavy atom. The van der Waals surface area contributed by atoms with Crippen molar-refractivity contribution in [3.05, 3.63) is 82.8 Å². The van der Waals surface area contributed by atoms with Crippen LogP contribution in [0.25, 0.3) is 0 Å². The van der Waals surface area contributed by atoms with Crippen molar-refractivity contribution < 1.29 is 4.79 Å². The predicted octanol–water partition coefficient (Wildman–Crippen LogP) is 9.34. The van der Waals surface area contributed by atoms with E-state index in [2.05, 4.69) is 91.8 Å². The summed E-state index contributed by atoms with van der Waals surface area (Å²) in [6.45, 7) is 4.48. The fourth-order valence-electron chi connectivity index (χ4n) is 5.93. The van der Waals surface area contributed by atoms with Gasteiger partial charge in [-0.2, -0.15) is 0 Å². The molecule has 42 heavy (non-hydrogen) atoms. The van der Waals surface area contributed by atoms with Crippen molar-refractivity contribution >= 4 is 70.0 Å². The molecule has 0 spiro atoms. The Kier molecular flexibility index (Phi) is 14.3. The average molecular weight is 639 g/mol. The summed E-state index contributed by atoms with van der Waals surface area (Å²) in [5.74, 6) is 1.72. The molecule has 3 rings (SSSR count). The fourth-order valence-corrected chi connectivity index (χ4v) is 8.09. The lowest BCUT2D eigenvalue weighted by atomic mass is 9.83. The molecule has 1 heterocycles. The number of nitrogens with one attached hydrogen (secondary N) is 1. The third kappa shape index (κ3) is 9.54. The minimum Gasteiger partial charge on any atom is -0.373 e. The summed E-state index contributed by atoms with van der Waals surface area (Å²) in [5, 5.41) is 5.08. The van der Waals surface area contributed by atoms with Gasteiger partial charge in [-0.1, -0.05) is 110 Å². The van der Waals surface area contributed by atoms with Crippen LogP contribution in [-0.4, -0.2) is 39.3 Å². The van der Waals surface area contributed by atoms with Gasteiger partial charge in [-0.15, -0.1) is 11.8 Å². The molecule has 0 bridgehead atoms. The first-order valence-electron chi connectivity index (χ1n) is 15.1. The highest BCUT2D eigenvalue weighted by Crippen LogP contribution is 2.40. The van der Waals surface area contributed by atoms with Crippen LogP contribution in [0, 0.1) is 5.92 Å². The van der Waals surface area contributed by atoms with Gasteiger partial charge in [0, 0.05) is 31.2 Å². The van der Waals surface area contributed by atoms with E-state index < -0.39 is 0 Å². The molecule has 3 nitrogen and oxygen atoms in total. The Labute approximate surface area is 274 Å². The van der Waals surface area contributed by atoms with Crippen LogP contribution in [0.3, 0.4) is 0 Å². The highest BCUT2D eigenvalue weighted by Gasteiger charge is 2.36. The Morgan fingerprint density at radius 2 is 1.55 bits per heavy atom. The molecule has 1 aliphatic rings. The number of thioether (sulfide) groups is 1. The normalized spacial score (nSPS) is 18.8. The molecule has 226 valence electrons. The maximum Gasteiger partial charge on any atom is 0.132 e. The van der Waals surface area contributed by atoms with E-state index in [4.69, 9.17) is 36.7 Å². The molecule has 3 atom stereocenters. The third-order valence-electron chi connectivity index (χ3n) is 8.79. The van der Waals surface area contributed by atoms with Gasteiger partial charge in [-0.25, -0.2) is 0 Å². The van der Waals surface area contributed by atoms with Gasteiger partial charge in [0.15, 0.2) is 0 Å². The van der Waals surface area contributed by atoms with Gasteiger partial charge in [-0.05, 0) is 80.2 Å². The first kappa shape index (κ1) is 34.6. The van der Waals surface area contributed by atoms with Gasteiger partial charge in [-0.3, -0.25) is 4.79 Å². The summed E-state index contributed by atoms with van der Waals surface area (Å²) >= 11 is 18.3. The van der Waals surface area contributed by atoms with Crippen LogP contribution in [0.4, 0.5) is 0 Å². The Balaban J connectivity index is 1.53. The summed E-state index contributed by atoms with van der Waals surface area (Å²) < 4.78 is 0. The van der Waals surface area contributed by atoms with Gasteiger partial charge < -0.3 is 10.2 Å². The average Bonchev–Trinajstić information content (AvgIpc) is 3.02. The number of thiocarbonyl (C=S) groups is 3. The minimum absolute atomic E-state index is 0.211. The number of carbonyl (C=O) groups is 1. The molecule has 0 amide bonds. The van der Waals surface area contributed by atoms with Gasteiger partial charge in [0.25, 0.3) is 0 Å². The zero-order valence-corrected chi connectivity index (χ0v) is 28.6. The maximum atomic E-state index is 12.8. The summed E-state index contributed by atoms with van der Waals surface area (Å²) in [4.78, 5) is 17.4. The summed E-state index contributed by atoms with van der Waals surface area (Å²) in [6.07, 6.45) is 11.2. The van der Waals surface area contributed by atoms with Gasteiger partial charge >= 0.3 is 0 Å². The number of hydrogen-bond donors (Lipinski definition) is 1. The van der Waals surface area contributed by atoms with E-state index in [0.717, 1.165) is 62.1 Å².